The number of nitrogens with zero attached hydrogens (tertiary/aromatic N) is 4. The molecule has 0 atom stereocenters. The van der Waals surface area contributed by atoms with Crippen LogP contribution in [-0.4, -0.2) is 58.4 Å². The Morgan fingerprint density at radius 3 is 2.50 bits per heavy atom. The fourth-order valence-electron chi connectivity index (χ4n) is 5.31. The summed E-state index contributed by atoms with van der Waals surface area (Å²) in [7, 11) is 0. The Bertz CT molecular complexity index is 1070. The molecule has 3 aliphatic rings. The molecule has 2 aliphatic heterocycles. The first kappa shape index (κ1) is 22.8. The van der Waals surface area contributed by atoms with Crippen molar-refractivity contribution in [3.8, 4) is 5.88 Å². The van der Waals surface area contributed by atoms with Crippen LogP contribution in [0, 0.1) is 5.92 Å². The molecular weight excluding hydrogens is 430 g/mol. The molecule has 1 aromatic carbocycles. The first-order valence-corrected chi connectivity index (χ1v) is 12.3. The van der Waals surface area contributed by atoms with Crippen molar-refractivity contribution in [2.75, 3.05) is 32.0 Å². The van der Waals surface area contributed by atoms with Crippen molar-refractivity contribution in [1.82, 2.24) is 14.9 Å². The SMILES string of the molecule is CC1(C)Oc2ncnc(N)c2N=C1c1ccc(C2CCC(CC(=O)N3CCOCC3)CC2)cc1. The smallest absolute Gasteiger partial charge is 0.246 e. The number of carbonyl (C=O) groups is 1. The van der Waals surface area contributed by atoms with Gasteiger partial charge in [0, 0.05) is 25.1 Å². The average molecular weight is 464 g/mol. The zero-order chi connectivity index (χ0) is 23.7. The molecule has 8 heteroatoms. The minimum Gasteiger partial charge on any atom is -0.463 e. The number of benzene rings is 1. The second-order valence-electron chi connectivity index (χ2n) is 10.0. The molecule has 3 heterocycles. The highest BCUT2D eigenvalue weighted by atomic mass is 16.5. The summed E-state index contributed by atoms with van der Waals surface area (Å²) >= 11 is 0. The number of amides is 1. The maximum Gasteiger partial charge on any atom is 0.246 e. The van der Waals surface area contributed by atoms with Crippen LogP contribution in [0.1, 0.15) is 63.0 Å². The fraction of sp³-hybridized carbons (Fsp3) is 0.538. The summed E-state index contributed by atoms with van der Waals surface area (Å²) in [6, 6.07) is 8.66. The number of carbonyl (C=O) groups excluding carboxylic acids is 1. The van der Waals surface area contributed by atoms with Crippen molar-refractivity contribution in [3.63, 3.8) is 0 Å². The predicted octanol–water partition coefficient (Wildman–Crippen LogP) is 3.87. The summed E-state index contributed by atoms with van der Waals surface area (Å²) in [5, 5.41) is 0. The van der Waals surface area contributed by atoms with Crippen LogP contribution in [-0.2, 0) is 9.53 Å². The van der Waals surface area contributed by atoms with Crippen LogP contribution in [0.5, 0.6) is 5.88 Å². The monoisotopic (exact) mass is 463 g/mol. The Kier molecular flexibility index (Phi) is 6.25. The first-order valence-electron chi connectivity index (χ1n) is 12.3. The van der Waals surface area contributed by atoms with Crippen molar-refractivity contribution < 1.29 is 14.3 Å². The number of aliphatic imine (C=N–C) groups is 1. The highest BCUT2D eigenvalue weighted by molar-refractivity contribution is 6.09. The molecule has 1 aliphatic carbocycles. The van der Waals surface area contributed by atoms with Gasteiger partial charge >= 0.3 is 0 Å². The number of rotatable bonds is 4. The van der Waals surface area contributed by atoms with Gasteiger partial charge in [0.15, 0.2) is 11.5 Å². The molecular formula is C26H33N5O3. The Morgan fingerprint density at radius 1 is 1.09 bits per heavy atom. The number of hydrogen-bond acceptors (Lipinski definition) is 7. The van der Waals surface area contributed by atoms with Gasteiger partial charge in [0.25, 0.3) is 0 Å². The Balaban J connectivity index is 1.23. The zero-order valence-corrected chi connectivity index (χ0v) is 20.0. The van der Waals surface area contributed by atoms with E-state index in [1.807, 2.05) is 18.7 Å². The molecule has 1 saturated heterocycles. The van der Waals surface area contributed by atoms with E-state index in [0.717, 1.165) is 50.0 Å². The van der Waals surface area contributed by atoms with Gasteiger partial charge in [0.1, 0.15) is 11.9 Å². The zero-order valence-electron chi connectivity index (χ0n) is 20.0. The van der Waals surface area contributed by atoms with Gasteiger partial charge in [0.05, 0.1) is 18.9 Å². The van der Waals surface area contributed by atoms with Gasteiger partial charge in [-0.2, -0.15) is 4.98 Å². The molecule has 8 nitrogen and oxygen atoms in total. The maximum absolute atomic E-state index is 12.6. The number of ether oxygens (including phenoxy) is 2. The third kappa shape index (κ3) is 4.64. The van der Waals surface area contributed by atoms with Crippen molar-refractivity contribution >= 4 is 23.1 Å². The summed E-state index contributed by atoms with van der Waals surface area (Å²) in [4.78, 5) is 27.6. The third-order valence-corrected chi connectivity index (χ3v) is 7.29. The van der Waals surface area contributed by atoms with Gasteiger partial charge in [-0.05, 0) is 56.9 Å². The van der Waals surface area contributed by atoms with E-state index in [1.54, 1.807) is 0 Å². The summed E-state index contributed by atoms with van der Waals surface area (Å²) in [6.45, 7) is 6.77. The van der Waals surface area contributed by atoms with Crippen LogP contribution in [0.3, 0.4) is 0 Å². The highest BCUT2D eigenvalue weighted by Crippen LogP contribution is 2.40. The number of nitrogen functional groups attached to an aromatic ring is 1. The number of hydrogen-bond donors (Lipinski definition) is 1. The molecule has 34 heavy (non-hydrogen) atoms. The van der Waals surface area contributed by atoms with Crippen molar-refractivity contribution in [3.05, 3.63) is 41.7 Å². The quantitative estimate of drug-likeness (QED) is 0.738. The van der Waals surface area contributed by atoms with E-state index in [2.05, 4.69) is 34.2 Å². The van der Waals surface area contributed by atoms with Crippen molar-refractivity contribution in [1.29, 1.82) is 0 Å². The molecule has 0 radical (unpaired) electrons. The number of morpholine rings is 1. The molecule has 2 aromatic rings. The summed E-state index contributed by atoms with van der Waals surface area (Å²) in [5.41, 5.74) is 9.05. The van der Waals surface area contributed by atoms with E-state index in [9.17, 15) is 4.79 Å². The van der Waals surface area contributed by atoms with Crippen LogP contribution in [0.2, 0.25) is 0 Å². The molecule has 1 saturated carbocycles. The van der Waals surface area contributed by atoms with Gasteiger partial charge in [0.2, 0.25) is 11.8 Å². The van der Waals surface area contributed by atoms with Gasteiger partial charge < -0.3 is 20.1 Å². The Hall–Kier alpha value is -3.00. The van der Waals surface area contributed by atoms with E-state index < -0.39 is 5.60 Å². The van der Waals surface area contributed by atoms with E-state index in [4.69, 9.17) is 20.2 Å². The van der Waals surface area contributed by atoms with Crippen molar-refractivity contribution in [2.45, 2.75) is 57.5 Å². The van der Waals surface area contributed by atoms with Crippen LogP contribution in [0.4, 0.5) is 11.5 Å². The highest BCUT2D eigenvalue weighted by Gasteiger charge is 2.35. The van der Waals surface area contributed by atoms with Gasteiger partial charge in [-0.1, -0.05) is 24.3 Å². The number of anilines is 1. The topological polar surface area (TPSA) is 103 Å². The third-order valence-electron chi connectivity index (χ3n) is 7.29. The van der Waals surface area contributed by atoms with Crippen LogP contribution in [0.15, 0.2) is 35.6 Å². The molecule has 0 bridgehead atoms. The molecule has 2 N–H and O–H groups in total. The van der Waals surface area contributed by atoms with E-state index >= 15 is 0 Å². The lowest BCUT2D eigenvalue weighted by Gasteiger charge is -2.33. The summed E-state index contributed by atoms with van der Waals surface area (Å²) < 4.78 is 11.5. The average Bonchev–Trinajstić information content (AvgIpc) is 2.84. The minimum absolute atomic E-state index is 0.293. The maximum atomic E-state index is 12.6. The number of fused-ring (bicyclic) bond motifs is 1. The molecule has 1 amide bonds. The lowest BCUT2D eigenvalue weighted by Crippen LogP contribution is -2.41. The lowest BCUT2D eigenvalue weighted by molar-refractivity contribution is -0.136. The van der Waals surface area contributed by atoms with Crippen LogP contribution in [0.25, 0.3) is 0 Å². The van der Waals surface area contributed by atoms with E-state index in [-0.39, 0.29) is 0 Å². The van der Waals surface area contributed by atoms with Gasteiger partial charge in [-0.3, -0.25) is 4.79 Å². The largest absolute Gasteiger partial charge is 0.463 e. The molecule has 1 aromatic heterocycles. The number of aromatic nitrogens is 2. The van der Waals surface area contributed by atoms with E-state index in [0.29, 0.717) is 54.8 Å². The second kappa shape index (κ2) is 9.33. The van der Waals surface area contributed by atoms with Crippen LogP contribution >= 0.6 is 0 Å². The minimum atomic E-state index is -0.625. The van der Waals surface area contributed by atoms with Crippen molar-refractivity contribution in [2.24, 2.45) is 10.9 Å². The van der Waals surface area contributed by atoms with Gasteiger partial charge in [-0.15, -0.1) is 0 Å². The summed E-state index contributed by atoms with van der Waals surface area (Å²) in [5.74, 6) is 2.06. The number of nitrogens with two attached hydrogens (primary N) is 1. The lowest BCUT2D eigenvalue weighted by atomic mass is 9.77. The molecule has 5 rings (SSSR count). The first-order chi connectivity index (χ1) is 16.4. The molecule has 0 spiro atoms. The fourth-order valence-corrected chi connectivity index (χ4v) is 5.31. The van der Waals surface area contributed by atoms with E-state index in [1.165, 1.54) is 11.9 Å². The second-order valence-corrected chi connectivity index (χ2v) is 10.0. The summed E-state index contributed by atoms with van der Waals surface area (Å²) in [6.07, 6.45) is 6.52. The molecule has 180 valence electrons. The molecule has 2 fully saturated rings. The Morgan fingerprint density at radius 2 is 1.79 bits per heavy atom. The van der Waals surface area contributed by atoms with Gasteiger partial charge in [-0.25, -0.2) is 9.98 Å². The Labute approximate surface area is 200 Å². The normalized spacial score (nSPS) is 24.1. The van der Waals surface area contributed by atoms with Crippen LogP contribution < -0.4 is 10.5 Å². The molecule has 0 unspecified atom stereocenters. The predicted molar refractivity (Wildman–Crippen MR) is 131 cm³/mol. The standard InChI is InChI=1S/C26H33N5O3/c1-26(2)23(30-22-24(27)28-16-29-25(22)34-26)20-9-7-19(8-10-20)18-5-3-17(4-6-18)15-21(32)31-11-13-33-14-12-31/h7-10,16-18H,3-6,11-15H2,1-2H3,(H2,27,28,29).